The van der Waals surface area contributed by atoms with E-state index in [2.05, 4.69) is 34.6 Å². The van der Waals surface area contributed by atoms with Gasteiger partial charge in [0.05, 0.1) is 11.8 Å². The second kappa shape index (κ2) is 6.33. The largest absolute Gasteiger partial charge is 0.376 e. The third kappa shape index (κ3) is 3.66. The van der Waals surface area contributed by atoms with Gasteiger partial charge in [-0.25, -0.2) is 4.98 Å². The summed E-state index contributed by atoms with van der Waals surface area (Å²) in [6.07, 6.45) is 2.77. The van der Waals surface area contributed by atoms with Gasteiger partial charge in [0, 0.05) is 32.1 Å². The van der Waals surface area contributed by atoms with E-state index in [0.29, 0.717) is 6.10 Å². The van der Waals surface area contributed by atoms with Crippen LogP contribution in [0.4, 0.5) is 5.13 Å². The van der Waals surface area contributed by atoms with Gasteiger partial charge in [-0.15, -0.1) is 11.3 Å². The second-order valence-electron chi connectivity index (χ2n) is 4.42. The lowest BCUT2D eigenvalue weighted by Crippen LogP contribution is -2.28. The Labute approximate surface area is 107 Å². The highest BCUT2D eigenvalue weighted by atomic mass is 32.1. The van der Waals surface area contributed by atoms with E-state index in [4.69, 9.17) is 4.74 Å². The van der Waals surface area contributed by atoms with Crippen molar-refractivity contribution in [2.45, 2.75) is 32.4 Å². The minimum atomic E-state index is 0.390. The standard InChI is InChI=1S/C12H21N3OS/c1-3-13-7-10-9-17-12(14-10)15(2)8-11-5-4-6-16-11/h9,11,13H,3-8H2,1-2H3. The molecular weight excluding hydrogens is 234 g/mol. The predicted octanol–water partition coefficient (Wildman–Crippen LogP) is 1.87. The summed E-state index contributed by atoms with van der Waals surface area (Å²) in [5, 5.41) is 6.51. The molecule has 0 aromatic carbocycles. The molecule has 1 aliphatic rings. The van der Waals surface area contributed by atoms with Gasteiger partial charge >= 0.3 is 0 Å². The molecule has 1 aliphatic heterocycles. The SMILES string of the molecule is CCNCc1csc(N(C)CC2CCCO2)n1. The fraction of sp³-hybridized carbons (Fsp3) is 0.750. The Kier molecular flexibility index (Phi) is 4.76. The van der Waals surface area contributed by atoms with Crippen LogP contribution in [0.2, 0.25) is 0 Å². The van der Waals surface area contributed by atoms with Gasteiger partial charge in [0.1, 0.15) is 0 Å². The summed E-state index contributed by atoms with van der Waals surface area (Å²) in [5.74, 6) is 0. The lowest BCUT2D eigenvalue weighted by atomic mass is 10.2. The molecule has 1 N–H and O–H groups in total. The number of thiazole rings is 1. The molecule has 1 fully saturated rings. The number of ether oxygens (including phenoxy) is 1. The highest BCUT2D eigenvalue weighted by molar-refractivity contribution is 7.13. The molecule has 0 aliphatic carbocycles. The zero-order valence-corrected chi connectivity index (χ0v) is 11.4. The first-order valence-corrected chi connectivity index (χ1v) is 7.15. The van der Waals surface area contributed by atoms with Crippen LogP contribution in [-0.2, 0) is 11.3 Å². The predicted molar refractivity (Wildman–Crippen MR) is 71.7 cm³/mol. The van der Waals surface area contributed by atoms with Crippen molar-refractivity contribution in [1.82, 2.24) is 10.3 Å². The smallest absolute Gasteiger partial charge is 0.185 e. The van der Waals surface area contributed by atoms with Crippen molar-refractivity contribution < 1.29 is 4.74 Å². The highest BCUT2D eigenvalue weighted by Gasteiger charge is 2.18. The molecule has 5 heteroatoms. The molecule has 2 rings (SSSR count). The molecular formula is C12H21N3OS. The average molecular weight is 255 g/mol. The van der Waals surface area contributed by atoms with E-state index in [9.17, 15) is 0 Å². The molecule has 0 saturated carbocycles. The monoisotopic (exact) mass is 255 g/mol. The van der Waals surface area contributed by atoms with Crippen LogP contribution in [0, 0.1) is 0 Å². The Morgan fingerprint density at radius 2 is 2.53 bits per heavy atom. The number of anilines is 1. The van der Waals surface area contributed by atoms with Gasteiger partial charge in [-0.2, -0.15) is 0 Å². The zero-order valence-electron chi connectivity index (χ0n) is 10.6. The summed E-state index contributed by atoms with van der Waals surface area (Å²) in [7, 11) is 2.09. The van der Waals surface area contributed by atoms with E-state index in [-0.39, 0.29) is 0 Å². The quantitative estimate of drug-likeness (QED) is 0.842. The zero-order chi connectivity index (χ0) is 12.1. The van der Waals surface area contributed by atoms with Gasteiger partial charge in [0.2, 0.25) is 0 Å². The third-order valence-corrected chi connectivity index (χ3v) is 3.93. The first kappa shape index (κ1) is 12.8. The maximum atomic E-state index is 5.64. The van der Waals surface area contributed by atoms with Crippen LogP contribution in [0.15, 0.2) is 5.38 Å². The van der Waals surface area contributed by atoms with E-state index in [1.165, 1.54) is 12.8 Å². The Morgan fingerprint density at radius 1 is 1.65 bits per heavy atom. The first-order chi connectivity index (χ1) is 8.29. The van der Waals surface area contributed by atoms with Crippen molar-refractivity contribution in [1.29, 1.82) is 0 Å². The Balaban J connectivity index is 1.85. The fourth-order valence-corrected chi connectivity index (χ4v) is 2.78. The van der Waals surface area contributed by atoms with Crippen LogP contribution in [0.3, 0.4) is 0 Å². The van der Waals surface area contributed by atoms with Crippen molar-refractivity contribution in [3.05, 3.63) is 11.1 Å². The van der Waals surface area contributed by atoms with Gasteiger partial charge < -0.3 is 15.0 Å². The molecule has 0 radical (unpaired) electrons. The van der Waals surface area contributed by atoms with Crippen molar-refractivity contribution >= 4 is 16.5 Å². The number of nitrogens with zero attached hydrogens (tertiary/aromatic N) is 2. The number of aromatic nitrogens is 1. The molecule has 1 saturated heterocycles. The molecule has 17 heavy (non-hydrogen) atoms. The van der Waals surface area contributed by atoms with Gasteiger partial charge in [0.15, 0.2) is 5.13 Å². The minimum absolute atomic E-state index is 0.390. The van der Waals surface area contributed by atoms with Crippen LogP contribution >= 0.6 is 11.3 Å². The molecule has 1 aromatic heterocycles. The summed E-state index contributed by atoms with van der Waals surface area (Å²) in [4.78, 5) is 6.82. The van der Waals surface area contributed by atoms with Gasteiger partial charge in [-0.3, -0.25) is 0 Å². The lowest BCUT2D eigenvalue weighted by Gasteiger charge is -2.19. The van der Waals surface area contributed by atoms with E-state index in [0.717, 1.165) is 37.1 Å². The molecule has 2 heterocycles. The molecule has 0 spiro atoms. The van der Waals surface area contributed by atoms with Crippen LogP contribution < -0.4 is 10.2 Å². The molecule has 1 aromatic rings. The topological polar surface area (TPSA) is 37.4 Å². The molecule has 4 nitrogen and oxygen atoms in total. The molecule has 1 atom stereocenters. The van der Waals surface area contributed by atoms with Crippen molar-refractivity contribution in [2.24, 2.45) is 0 Å². The van der Waals surface area contributed by atoms with Gasteiger partial charge in [0.25, 0.3) is 0 Å². The number of nitrogens with one attached hydrogen (secondary N) is 1. The number of rotatable bonds is 6. The number of hydrogen-bond donors (Lipinski definition) is 1. The number of hydrogen-bond acceptors (Lipinski definition) is 5. The minimum Gasteiger partial charge on any atom is -0.376 e. The van der Waals surface area contributed by atoms with Crippen LogP contribution in [-0.4, -0.2) is 37.8 Å². The van der Waals surface area contributed by atoms with Gasteiger partial charge in [-0.1, -0.05) is 6.92 Å². The fourth-order valence-electron chi connectivity index (χ4n) is 1.98. The summed E-state index contributed by atoms with van der Waals surface area (Å²) >= 11 is 1.71. The van der Waals surface area contributed by atoms with Crippen molar-refractivity contribution in [3.63, 3.8) is 0 Å². The van der Waals surface area contributed by atoms with E-state index < -0.39 is 0 Å². The Bertz CT molecular complexity index is 336. The summed E-state index contributed by atoms with van der Waals surface area (Å²) in [6.45, 7) is 5.83. The van der Waals surface area contributed by atoms with Crippen molar-refractivity contribution in [2.75, 3.05) is 31.6 Å². The second-order valence-corrected chi connectivity index (χ2v) is 5.25. The lowest BCUT2D eigenvalue weighted by molar-refractivity contribution is 0.116. The van der Waals surface area contributed by atoms with Crippen LogP contribution in [0.5, 0.6) is 0 Å². The normalized spacial score (nSPS) is 19.8. The van der Waals surface area contributed by atoms with Gasteiger partial charge in [-0.05, 0) is 19.4 Å². The molecule has 0 amide bonds. The van der Waals surface area contributed by atoms with Crippen LogP contribution in [0.1, 0.15) is 25.5 Å². The summed E-state index contributed by atoms with van der Waals surface area (Å²) < 4.78 is 5.64. The molecule has 0 bridgehead atoms. The van der Waals surface area contributed by atoms with Crippen LogP contribution in [0.25, 0.3) is 0 Å². The maximum absolute atomic E-state index is 5.64. The maximum Gasteiger partial charge on any atom is 0.185 e. The molecule has 96 valence electrons. The van der Waals surface area contributed by atoms with Crippen molar-refractivity contribution in [3.8, 4) is 0 Å². The Morgan fingerprint density at radius 3 is 3.24 bits per heavy atom. The average Bonchev–Trinajstić information content (AvgIpc) is 2.96. The summed E-state index contributed by atoms with van der Waals surface area (Å²) in [5.41, 5.74) is 1.13. The summed E-state index contributed by atoms with van der Waals surface area (Å²) in [6, 6.07) is 0. The number of likely N-dealkylation sites (N-methyl/N-ethyl adjacent to an activating group) is 1. The van der Waals surface area contributed by atoms with E-state index in [1.54, 1.807) is 11.3 Å². The molecule has 1 unspecified atom stereocenters. The highest BCUT2D eigenvalue weighted by Crippen LogP contribution is 2.21. The first-order valence-electron chi connectivity index (χ1n) is 6.27. The third-order valence-electron chi connectivity index (χ3n) is 2.92. The van der Waals surface area contributed by atoms with E-state index >= 15 is 0 Å². The Hall–Kier alpha value is -0.650. The van der Waals surface area contributed by atoms with E-state index in [1.807, 2.05) is 0 Å².